The second kappa shape index (κ2) is 11.4. The van der Waals surface area contributed by atoms with Crippen LogP contribution < -0.4 is 31.0 Å². The minimum absolute atomic E-state index is 0.390. The molecule has 228 valence electrons. The summed E-state index contributed by atoms with van der Waals surface area (Å²) >= 11 is 0. The van der Waals surface area contributed by atoms with Crippen molar-refractivity contribution < 1.29 is 0 Å². The van der Waals surface area contributed by atoms with Gasteiger partial charge in [-0.3, -0.25) is 0 Å². The molecular weight excluding hydrogens is 590 g/mol. The van der Waals surface area contributed by atoms with E-state index >= 15 is 0 Å². The van der Waals surface area contributed by atoms with Gasteiger partial charge in [0.1, 0.15) is 0 Å². The van der Waals surface area contributed by atoms with Crippen molar-refractivity contribution in [2.45, 2.75) is 39.0 Å². The summed E-state index contributed by atoms with van der Waals surface area (Å²) in [6.07, 6.45) is 7.21. The van der Waals surface area contributed by atoms with Gasteiger partial charge >= 0.3 is 268 Å². The van der Waals surface area contributed by atoms with Gasteiger partial charge in [-0.2, -0.15) is 0 Å². The van der Waals surface area contributed by atoms with Crippen LogP contribution in [-0.2, 0) is 0 Å². The third-order valence-electron chi connectivity index (χ3n) is 9.76. The number of fused-ring (bicyclic) bond motifs is 6. The van der Waals surface area contributed by atoms with E-state index in [1.54, 1.807) is 12.7 Å². The van der Waals surface area contributed by atoms with Crippen molar-refractivity contribution in [3.05, 3.63) is 97.8 Å². The van der Waals surface area contributed by atoms with Crippen LogP contribution in [0.3, 0.4) is 0 Å². The van der Waals surface area contributed by atoms with Gasteiger partial charge in [0.05, 0.1) is 0 Å². The minimum atomic E-state index is -2.43. The number of hydrogen-bond acceptors (Lipinski definition) is 6. The Morgan fingerprint density at radius 2 is 1.20 bits per heavy atom. The molecule has 6 aromatic rings. The first kappa shape index (κ1) is 29.7. The van der Waals surface area contributed by atoms with Gasteiger partial charge in [-0.1, -0.05) is 0 Å². The van der Waals surface area contributed by atoms with E-state index in [1.165, 1.54) is 44.0 Å². The second-order valence-electron chi connectivity index (χ2n) is 12.8. The normalized spacial score (nSPS) is 16.9. The molecule has 0 aliphatic carbocycles. The molecule has 0 spiro atoms. The van der Waals surface area contributed by atoms with Crippen molar-refractivity contribution in [3.8, 4) is 0 Å². The Morgan fingerprint density at radius 3 is 1.87 bits per heavy atom. The SMILES string of the molecule is CC(C)P1c2ccccc2N(C)c2ccccc2[PH](C)(C(C)C)c2cc3cncnc3cc2N(C)c2cc3ncncc3cc21. The van der Waals surface area contributed by atoms with Crippen molar-refractivity contribution in [3.63, 3.8) is 0 Å². The number of aromatic nitrogens is 4. The monoisotopic (exact) mass is 630 g/mol. The van der Waals surface area contributed by atoms with Crippen molar-refractivity contribution in [1.29, 1.82) is 0 Å². The van der Waals surface area contributed by atoms with Crippen LogP contribution in [0.2, 0.25) is 0 Å². The van der Waals surface area contributed by atoms with Crippen molar-refractivity contribution in [2.24, 2.45) is 0 Å². The van der Waals surface area contributed by atoms with E-state index in [0.717, 1.165) is 21.8 Å². The molecule has 0 fully saturated rings. The Morgan fingerprint density at radius 1 is 0.622 bits per heavy atom. The Kier molecular flexibility index (Phi) is 7.55. The van der Waals surface area contributed by atoms with E-state index in [-0.39, 0.29) is 0 Å². The van der Waals surface area contributed by atoms with Crippen LogP contribution in [0.4, 0.5) is 22.7 Å². The number of para-hydroxylation sites is 2. The van der Waals surface area contributed by atoms with Crippen LogP contribution in [0, 0.1) is 0 Å². The summed E-state index contributed by atoms with van der Waals surface area (Å²) < 4.78 is 0. The van der Waals surface area contributed by atoms with Gasteiger partial charge in [0, 0.05) is 0 Å². The number of benzene rings is 4. The molecule has 1 atom stereocenters. The second-order valence-corrected chi connectivity index (χ2v) is 20.2. The summed E-state index contributed by atoms with van der Waals surface area (Å²) in [5.41, 5.74) is 7.62. The molecule has 0 saturated carbocycles. The first-order valence-corrected chi connectivity index (χ1v) is 19.6. The van der Waals surface area contributed by atoms with Gasteiger partial charge in [-0.25, -0.2) is 0 Å². The van der Waals surface area contributed by atoms with E-state index in [4.69, 9.17) is 9.97 Å². The van der Waals surface area contributed by atoms with Gasteiger partial charge in [0.2, 0.25) is 0 Å². The van der Waals surface area contributed by atoms with Crippen LogP contribution in [0.5, 0.6) is 0 Å². The molecule has 0 bridgehead atoms. The van der Waals surface area contributed by atoms with Crippen LogP contribution in [0.25, 0.3) is 21.8 Å². The summed E-state index contributed by atoms with van der Waals surface area (Å²) in [6.45, 7) is 12.1. The molecular formula is C37H40N6P2. The molecule has 1 aliphatic heterocycles. The van der Waals surface area contributed by atoms with E-state index < -0.39 is 15.2 Å². The van der Waals surface area contributed by atoms with Gasteiger partial charge in [-0.15, -0.1) is 0 Å². The molecule has 1 aliphatic rings. The van der Waals surface area contributed by atoms with E-state index in [1.807, 2.05) is 12.4 Å². The van der Waals surface area contributed by atoms with Crippen molar-refractivity contribution in [1.82, 2.24) is 19.9 Å². The first-order chi connectivity index (χ1) is 21.7. The van der Waals surface area contributed by atoms with E-state index in [0.29, 0.717) is 11.3 Å². The van der Waals surface area contributed by atoms with Gasteiger partial charge in [-0.05, 0) is 0 Å². The van der Waals surface area contributed by atoms with E-state index in [2.05, 4.69) is 141 Å². The fourth-order valence-electron chi connectivity index (χ4n) is 7.05. The predicted octanol–water partition coefficient (Wildman–Crippen LogP) is 7.00. The van der Waals surface area contributed by atoms with E-state index in [9.17, 15) is 0 Å². The quantitative estimate of drug-likeness (QED) is 0.192. The molecule has 0 saturated heterocycles. The third kappa shape index (κ3) is 4.78. The maximum atomic E-state index is 4.73. The Balaban J connectivity index is 1.68. The Labute approximate surface area is 267 Å². The summed E-state index contributed by atoms with van der Waals surface area (Å²) in [7, 11) is 1.27. The summed E-state index contributed by atoms with van der Waals surface area (Å²) in [6, 6.07) is 27.4. The maximum absolute atomic E-state index is 4.73. The molecule has 3 heterocycles. The fraction of sp³-hybridized carbons (Fsp3) is 0.243. The first-order valence-electron chi connectivity index (χ1n) is 15.6. The zero-order valence-corrected chi connectivity index (χ0v) is 28.9. The molecule has 6 nitrogen and oxygen atoms in total. The van der Waals surface area contributed by atoms with Crippen LogP contribution in [0.15, 0.2) is 97.8 Å². The van der Waals surface area contributed by atoms with Gasteiger partial charge in [0.15, 0.2) is 0 Å². The van der Waals surface area contributed by atoms with Crippen molar-refractivity contribution in [2.75, 3.05) is 30.6 Å². The number of rotatable bonds is 2. The molecule has 7 rings (SSSR count). The van der Waals surface area contributed by atoms with Crippen molar-refractivity contribution >= 4 is 81.0 Å². The Hall–Kier alpha value is -3.98. The zero-order valence-electron chi connectivity index (χ0n) is 27.0. The van der Waals surface area contributed by atoms with Gasteiger partial charge < -0.3 is 0 Å². The average molecular weight is 631 g/mol. The molecule has 1 unspecified atom stereocenters. The standard InChI is InChI=1S/C37H40N6P2/c1-24(2)44-34-14-10-8-12-30(34)42(5)31-13-9-11-15-36(31)45(7,25(3)4)37-17-27-21-39-23-41-29(27)19-33(37)43(6)32-18-28-26(16-35(32)44)20-38-22-40-28/h8-25,45H,1-7H3. The molecule has 0 N–H and O–H groups in total. The molecule has 2 aromatic heterocycles. The molecule has 8 heteroatoms. The predicted molar refractivity (Wildman–Crippen MR) is 198 cm³/mol. The average Bonchev–Trinajstić information content (AvgIpc) is 3.06. The number of hydrogen-bond donors (Lipinski definition) is 0. The number of anilines is 4. The topological polar surface area (TPSA) is 58.0 Å². The number of nitrogens with zero attached hydrogens (tertiary/aromatic N) is 6. The molecule has 0 amide bonds. The Bertz CT molecular complexity index is 2060. The van der Waals surface area contributed by atoms with Gasteiger partial charge in [0.25, 0.3) is 0 Å². The van der Waals surface area contributed by atoms with Crippen LogP contribution in [-0.4, -0.2) is 52.0 Å². The fourth-order valence-corrected chi connectivity index (χ4v) is 13.9. The third-order valence-corrected chi connectivity index (χ3v) is 17.9. The molecule has 0 radical (unpaired) electrons. The molecule has 45 heavy (non-hydrogen) atoms. The van der Waals surface area contributed by atoms with Crippen LogP contribution >= 0.6 is 15.2 Å². The summed E-state index contributed by atoms with van der Waals surface area (Å²) in [4.78, 5) is 23.2. The summed E-state index contributed by atoms with van der Waals surface area (Å²) in [5, 5.41) is 7.67. The van der Waals surface area contributed by atoms with Crippen LogP contribution in [0.1, 0.15) is 27.7 Å². The summed E-state index contributed by atoms with van der Waals surface area (Å²) in [5.74, 6) is 0. The molecule has 4 aromatic carbocycles. The zero-order chi connectivity index (χ0) is 31.5.